The second-order valence-corrected chi connectivity index (χ2v) is 5.40. The fraction of sp³-hybridized carbons (Fsp3) is 0.667. The van der Waals surface area contributed by atoms with Gasteiger partial charge in [0.15, 0.2) is 0 Å². The SMILES string of the molecule is CCCCS(=O)(=O)NCc1ccn(C)n1. The molecule has 0 aromatic carbocycles. The van der Waals surface area contributed by atoms with Crippen LogP contribution in [0, 0.1) is 0 Å². The Morgan fingerprint density at radius 2 is 2.27 bits per heavy atom. The summed E-state index contributed by atoms with van der Waals surface area (Å²) in [6.07, 6.45) is 3.36. The summed E-state index contributed by atoms with van der Waals surface area (Å²) >= 11 is 0. The number of hydrogen-bond acceptors (Lipinski definition) is 3. The van der Waals surface area contributed by atoms with Crippen LogP contribution < -0.4 is 4.72 Å². The maximum atomic E-state index is 11.4. The number of nitrogens with one attached hydrogen (secondary N) is 1. The first kappa shape index (κ1) is 12.2. The average Bonchev–Trinajstić information content (AvgIpc) is 2.59. The van der Waals surface area contributed by atoms with Crippen LogP contribution in [0.3, 0.4) is 0 Å². The fourth-order valence-corrected chi connectivity index (χ4v) is 2.33. The van der Waals surface area contributed by atoms with Crippen LogP contribution in [0.15, 0.2) is 12.3 Å². The van der Waals surface area contributed by atoms with Crippen LogP contribution in [0.25, 0.3) is 0 Å². The lowest BCUT2D eigenvalue weighted by atomic mass is 10.4. The van der Waals surface area contributed by atoms with Crippen LogP contribution in [0.5, 0.6) is 0 Å². The second kappa shape index (κ2) is 5.27. The van der Waals surface area contributed by atoms with Crippen molar-refractivity contribution in [2.24, 2.45) is 7.05 Å². The molecule has 5 nitrogen and oxygen atoms in total. The Kier molecular flexibility index (Phi) is 4.28. The topological polar surface area (TPSA) is 64.0 Å². The molecule has 0 bridgehead atoms. The fourth-order valence-electron chi connectivity index (χ4n) is 1.15. The third kappa shape index (κ3) is 4.44. The Labute approximate surface area is 90.5 Å². The lowest BCUT2D eigenvalue weighted by molar-refractivity contribution is 0.576. The molecule has 0 radical (unpaired) electrons. The normalized spacial score (nSPS) is 11.9. The molecule has 0 saturated carbocycles. The molecular weight excluding hydrogens is 214 g/mol. The first-order chi connectivity index (χ1) is 7.03. The maximum absolute atomic E-state index is 11.4. The second-order valence-electron chi connectivity index (χ2n) is 3.47. The highest BCUT2D eigenvalue weighted by Crippen LogP contribution is 1.97. The summed E-state index contributed by atoms with van der Waals surface area (Å²) in [5.41, 5.74) is 0.734. The molecule has 0 fully saturated rings. The van der Waals surface area contributed by atoms with E-state index in [0.29, 0.717) is 6.42 Å². The summed E-state index contributed by atoms with van der Waals surface area (Å²) in [5, 5.41) is 4.08. The number of aromatic nitrogens is 2. The van der Waals surface area contributed by atoms with E-state index in [-0.39, 0.29) is 12.3 Å². The molecule has 1 heterocycles. The van der Waals surface area contributed by atoms with Crippen LogP contribution in [-0.4, -0.2) is 24.0 Å². The number of aryl methyl sites for hydroxylation is 1. The van der Waals surface area contributed by atoms with Gasteiger partial charge in [-0.25, -0.2) is 13.1 Å². The van der Waals surface area contributed by atoms with Gasteiger partial charge in [0.1, 0.15) is 0 Å². The Balaban J connectivity index is 2.42. The Morgan fingerprint density at radius 3 is 2.80 bits per heavy atom. The van der Waals surface area contributed by atoms with Crippen LogP contribution >= 0.6 is 0 Å². The third-order valence-electron chi connectivity index (χ3n) is 2.01. The molecule has 1 rings (SSSR count). The van der Waals surface area contributed by atoms with Gasteiger partial charge in [0.05, 0.1) is 18.0 Å². The summed E-state index contributed by atoms with van der Waals surface area (Å²) in [7, 11) is -1.33. The minimum absolute atomic E-state index is 0.191. The van der Waals surface area contributed by atoms with Gasteiger partial charge in [-0.1, -0.05) is 13.3 Å². The Morgan fingerprint density at radius 1 is 1.53 bits per heavy atom. The van der Waals surface area contributed by atoms with E-state index >= 15 is 0 Å². The van der Waals surface area contributed by atoms with Gasteiger partial charge >= 0.3 is 0 Å². The molecule has 15 heavy (non-hydrogen) atoms. The predicted molar refractivity (Wildman–Crippen MR) is 58.7 cm³/mol. The zero-order chi connectivity index (χ0) is 11.3. The molecular formula is C9H17N3O2S. The molecule has 0 unspecified atom stereocenters. The Bertz CT molecular complexity index is 397. The highest BCUT2D eigenvalue weighted by atomic mass is 32.2. The van der Waals surface area contributed by atoms with E-state index in [1.165, 1.54) is 0 Å². The molecule has 1 aromatic heterocycles. The van der Waals surface area contributed by atoms with Crippen molar-refractivity contribution in [3.05, 3.63) is 18.0 Å². The zero-order valence-electron chi connectivity index (χ0n) is 9.10. The van der Waals surface area contributed by atoms with Gasteiger partial charge in [0.25, 0.3) is 0 Å². The standard InChI is InChI=1S/C9H17N3O2S/c1-3-4-7-15(13,14)10-8-9-5-6-12(2)11-9/h5-6,10H,3-4,7-8H2,1-2H3. The lowest BCUT2D eigenvalue weighted by Gasteiger charge is -2.03. The first-order valence-corrected chi connectivity index (χ1v) is 6.64. The van der Waals surface area contributed by atoms with E-state index in [1.807, 2.05) is 6.92 Å². The molecule has 0 saturated heterocycles. The van der Waals surface area contributed by atoms with Crippen LogP contribution in [-0.2, 0) is 23.6 Å². The van der Waals surface area contributed by atoms with Crippen LogP contribution in [0.1, 0.15) is 25.5 Å². The first-order valence-electron chi connectivity index (χ1n) is 4.99. The van der Waals surface area contributed by atoms with E-state index in [1.54, 1.807) is 24.0 Å². The predicted octanol–water partition coefficient (Wildman–Crippen LogP) is 0.640. The summed E-state index contributed by atoms with van der Waals surface area (Å²) in [6, 6.07) is 1.79. The van der Waals surface area contributed by atoms with Crippen LogP contribution in [0.4, 0.5) is 0 Å². The van der Waals surface area contributed by atoms with Crippen molar-refractivity contribution in [2.75, 3.05) is 5.75 Å². The van der Waals surface area contributed by atoms with Gasteiger partial charge in [0.2, 0.25) is 10.0 Å². The molecule has 1 N–H and O–H groups in total. The largest absolute Gasteiger partial charge is 0.276 e. The monoisotopic (exact) mass is 231 g/mol. The van der Waals surface area contributed by atoms with Crippen molar-refractivity contribution in [1.82, 2.24) is 14.5 Å². The molecule has 0 spiro atoms. The zero-order valence-corrected chi connectivity index (χ0v) is 9.92. The van der Waals surface area contributed by atoms with E-state index in [4.69, 9.17) is 0 Å². The van der Waals surface area contributed by atoms with Crippen molar-refractivity contribution in [1.29, 1.82) is 0 Å². The van der Waals surface area contributed by atoms with Crippen LogP contribution in [0.2, 0.25) is 0 Å². The minimum atomic E-state index is -3.13. The summed E-state index contributed by atoms with van der Waals surface area (Å²) in [5.74, 6) is 0.191. The van der Waals surface area contributed by atoms with Crippen molar-refractivity contribution < 1.29 is 8.42 Å². The van der Waals surface area contributed by atoms with Gasteiger partial charge < -0.3 is 0 Å². The van der Waals surface area contributed by atoms with E-state index in [9.17, 15) is 8.42 Å². The lowest BCUT2D eigenvalue weighted by Crippen LogP contribution is -2.26. The molecule has 0 atom stereocenters. The van der Waals surface area contributed by atoms with E-state index < -0.39 is 10.0 Å². The number of unbranched alkanes of at least 4 members (excludes halogenated alkanes) is 1. The van der Waals surface area contributed by atoms with Crippen molar-refractivity contribution in [3.8, 4) is 0 Å². The Hall–Kier alpha value is -0.880. The highest BCUT2D eigenvalue weighted by Gasteiger charge is 2.09. The number of rotatable bonds is 6. The van der Waals surface area contributed by atoms with Gasteiger partial charge in [-0.3, -0.25) is 4.68 Å². The van der Waals surface area contributed by atoms with Crippen molar-refractivity contribution in [3.63, 3.8) is 0 Å². The molecule has 0 aliphatic rings. The average molecular weight is 231 g/mol. The third-order valence-corrected chi connectivity index (χ3v) is 3.42. The summed E-state index contributed by atoms with van der Waals surface area (Å²) in [6.45, 7) is 2.24. The molecule has 6 heteroatoms. The minimum Gasteiger partial charge on any atom is -0.276 e. The van der Waals surface area contributed by atoms with Gasteiger partial charge in [-0.15, -0.1) is 0 Å². The van der Waals surface area contributed by atoms with E-state index in [0.717, 1.165) is 12.1 Å². The smallest absolute Gasteiger partial charge is 0.211 e. The highest BCUT2D eigenvalue weighted by molar-refractivity contribution is 7.89. The van der Waals surface area contributed by atoms with Gasteiger partial charge in [-0.2, -0.15) is 5.10 Å². The quantitative estimate of drug-likeness (QED) is 0.781. The number of sulfonamides is 1. The summed E-state index contributed by atoms with van der Waals surface area (Å²) < 4.78 is 27.0. The van der Waals surface area contributed by atoms with Crippen molar-refractivity contribution >= 4 is 10.0 Å². The summed E-state index contributed by atoms with van der Waals surface area (Å²) in [4.78, 5) is 0. The number of nitrogens with zero attached hydrogens (tertiary/aromatic N) is 2. The van der Waals surface area contributed by atoms with Gasteiger partial charge in [-0.05, 0) is 12.5 Å². The molecule has 0 aliphatic heterocycles. The molecule has 0 aliphatic carbocycles. The number of hydrogen-bond donors (Lipinski definition) is 1. The molecule has 86 valence electrons. The van der Waals surface area contributed by atoms with E-state index in [2.05, 4.69) is 9.82 Å². The van der Waals surface area contributed by atoms with Crippen molar-refractivity contribution in [2.45, 2.75) is 26.3 Å². The molecule has 0 amide bonds. The van der Waals surface area contributed by atoms with Gasteiger partial charge in [0, 0.05) is 13.2 Å². The maximum Gasteiger partial charge on any atom is 0.211 e. The molecule has 1 aromatic rings.